The van der Waals surface area contributed by atoms with Crippen molar-refractivity contribution in [3.63, 3.8) is 0 Å². The lowest BCUT2D eigenvalue weighted by Gasteiger charge is -2.28. The minimum atomic E-state index is -0.224. The number of anilines is 4. The molecule has 1 aliphatic rings. The second-order valence-corrected chi connectivity index (χ2v) is 21.5. The van der Waals surface area contributed by atoms with Gasteiger partial charge in [-0.1, -0.05) is 166 Å². The predicted molar refractivity (Wildman–Crippen MR) is 282 cm³/mol. The van der Waals surface area contributed by atoms with Gasteiger partial charge in [-0.2, -0.15) is 0 Å². The van der Waals surface area contributed by atoms with E-state index in [-0.39, 0.29) is 21.7 Å². The number of hydrogen-bond acceptors (Lipinski definition) is 4. The molecule has 5 nitrogen and oxygen atoms in total. The Bertz CT molecular complexity index is 3280. The molecular weight excluding hydrogens is 817 g/mol. The third kappa shape index (κ3) is 8.05. The fourth-order valence-corrected chi connectivity index (χ4v) is 9.83. The van der Waals surface area contributed by atoms with Crippen LogP contribution in [0.5, 0.6) is 11.5 Å². The van der Waals surface area contributed by atoms with Crippen molar-refractivity contribution in [3.05, 3.63) is 216 Å². The minimum Gasteiger partial charge on any atom is -0.457 e. The van der Waals surface area contributed by atoms with Crippen molar-refractivity contribution in [2.45, 2.75) is 90.9 Å². The van der Waals surface area contributed by atoms with Crippen LogP contribution >= 0.6 is 0 Å². The van der Waals surface area contributed by atoms with Crippen LogP contribution in [0.25, 0.3) is 27.6 Å². The van der Waals surface area contributed by atoms with Crippen molar-refractivity contribution in [3.8, 4) is 17.3 Å². The third-order valence-corrected chi connectivity index (χ3v) is 14.2. The Kier molecular flexibility index (Phi) is 10.7. The summed E-state index contributed by atoms with van der Waals surface area (Å²) >= 11 is 0. The topological polar surface area (TPSA) is 33.5 Å². The van der Waals surface area contributed by atoms with Gasteiger partial charge in [0.15, 0.2) is 0 Å². The van der Waals surface area contributed by atoms with E-state index in [4.69, 9.17) is 9.72 Å². The summed E-state index contributed by atoms with van der Waals surface area (Å²) in [4.78, 5) is 9.93. The predicted octanol–water partition coefficient (Wildman–Crippen LogP) is 16.5. The number of benzene rings is 7. The molecule has 3 heterocycles. The minimum absolute atomic E-state index is 0.0108. The largest absolute Gasteiger partial charge is 0.457 e. The van der Waals surface area contributed by atoms with E-state index in [9.17, 15) is 0 Å². The first-order valence-electron chi connectivity index (χ1n) is 23.7. The molecule has 0 spiro atoms. The summed E-state index contributed by atoms with van der Waals surface area (Å²) in [6.45, 7) is 23.5. The zero-order valence-electron chi connectivity index (χ0n) is 40.7. The Hall–Kier alpha value is -7.11. The zero-order valence-corrected chi connectivity index (χ0v) is 40.7. The first-order chi connectivity index (χ1) is 32.0. The molecule has 0 saturated heterocycles. The maximum absolute atomic E-state index is 6.89. The maximum atomic E-state index is 6.89. The fraction of sp³-hybridized carbons (Fsp3) is 0.242. The molecule has 0 saturated carbocycles. The lowest BCUT2D eigenvalue weighted by atomic mass is 9.78. The van der Waals surface area contributed by atoms with E-state index in [2.05, 4.69) is 260 Å². The molecule has 336 valence electrons. The first-order valence-corrected chi connectivity index (χ1v) is 23.7. The number of hydrogen-bond donors (Lipinski definition) is 0. The first kappa shape index (κ1) is 43.8. The molecule has 9 aromatic rings. The third-order valence-electron chi connectivity index (χ3n) is 14.2. The summed E-state index contributed by atoms with van der Waals surface area (Å²) in [6, 6.07) is 63.9. The molecule has 0 N–H and O–H groups in total. The monoisotopic (exact) mass is 878 g/mol. The molecule has 0 atom stereocenters. The number of nitrogens with zero attached hydrogens (tertiary/aromatic N) is 4. The van der Waals surface area contributed by atoms with Crippen molar-refractivity contribution in [2.24, 2.45) is 0 Å². The normalized spacial score (nSPS) is 13.4. The van der Waals surface area contributed by atoms with Crippen LogP contribution in [0.15, 0.2) is 182 Å². The SMILES string of the molecule is CC(C)(C)c1ccc2c(c1)N(c1cccc(Oc3ccc4c5ccc(C(C)(C)C)cc5n(-c5cc(C(C)(C)c6ccccc6)ccn5)c4c3)c1)CN2c1cccc(C(C)(C)c2ccccc2)c1. The maximum Gasteiger partial charge on any atom is 0.137 e. The van der Waals surface area contributed by atoms with Crippen LogP contribution in [-0.4, -0.2) is 16.2 Å². The summed E-state index contributed by atoms with van der Waals surface area (Å²) in [7, 11) is 0. The van der Waals surface area contributed by atoms with E-state index in [1.807, 2.05) is 6.20 Å². The molecule has 0 aliphatic carbocycles. The second kappa shape index (κ2) is 16.3. The van der Waals surface area contributed by atoms with Gasteiger partial charge in [-0.3, -0.25) is 4.57 Å². The van der Waals surface area contributed by atoms with Crippen LogP contribution in [0.2, 0.25) is 0 Å². The summed E-state index contributed by atoms with van der Waals surface area (Å²) < 4.78 is 9.21. The Labute approximate surface area is 397 Å². The van der Waals surface area contributed by atoms with Crippen LogP contribution < -0.4 is 14.5 Å². The van der Waals surface area contributed by atoms with Gasteiger partial charge in [0, 0.05) is 51.3 Å². The van der Waals surface area contributed by atoms with Crippen molar-refractivity contribution in [1.82, 2.24) is 9.55 Å². The molecule has 0 radical (unpaired) electrons. The van der Waals surface area contributed by atoms with Gasteiger partial charge in [-0.15, -0.1) is 0 Å². The van der Waals surface area contributed by atoms with Crippen LogP contribution in [0.1, 0.15) is 103 Å². The Morgan fingerprint density at radius 3 is 1.58 bits per heavy atom. The molecular formula is C62H62N4O. The molecule has 1 aliphatic heterocycles. The van der Waals surface area contributed by atoms with Gasteiger partial charge < -0.3 is 14.5 Å². The molecule has 67 heavy (non-hydrogen) atoms. The quantitative estimate of drug-likeness (QED) is 0.145. The van der Waals surface area contributed by atoms with Gasteiger partial charge in [0.05, 0.1) is 22.4 Å². The number of fused-ring (bicyclic) bond motifs is 4. The van der Waals surface area contributed by atoms with Crippen LogP contribution in [0, 0.1) is 0 Å². The number of aromatic nitrogens is 2. The molecule has 10 rings (SSSR count). The van der Waals surface area contributed by atoms with E-state index in [1.165, 1.54) is 55.8 Å². The highest BCUT2D eigenvalue weighted by Crippen LogP contribution is 2.48. The Morgan fingerprint density at radius 1 is 0.403 bits per heavy atom. The highest BCUT2D eigenvalue weighted by Gasteiger charge is 2.32. The lowest BCUT2D eigenvalue weighted by molar-refractivity contribution is 0.483. The molecule has 0 amide bonds. The highest BCUT2D eigenvalue weighted by molar-refractivity contribution is 6.09. The van der Waals surface area contributed by atoms with Crippen molar-refractivity contribution in [1.29, 1.82) is 0 Å². The zero-order chi connectivity index (χ0) is 46.9. The summed E-state index contributed by atoms with van der Waals surface area (Å²) in [6.07, 6.45) is 1.96. The molecule has 0 bridgehead atoms. The second-order valence-electron chi connectivity index (χ2n) is 21.5. The highest BCUT2D eigenvalue weighted by atomic mass is 16.5. The number of rotatable bonds is 9. The average molecular weight is 879 g/mol. The summed E-state index contributed by atoms with van der Waals surface area (Å²) in [5.74, 6) is 2.42. The smallest absolute Gasteiger partial charge is 0.137 e. The van der Waals surface area contributed by atoms with Gasteiger partial charge in [-0.05, 0) is 111 Å². The fourth-order valence-electron chi connectivity index (χ4n) is 9.83. The van der Waals surface area contributed by atoms with Crippen molar-refractivity contribution >= 4 is 44.6 Å². The molecule has 7 aromatic carbocycles. The van der Waals surface area contributed by atoms with E-state index in [1.54, 1.807) is 0 Å². The van der Waals surface area contributed by atoms with Gasteiger partial charge in [0.25, 0.3) is 0 Å². The number of ether oxygens (including phenoxy) is 1. The molecule has 5 heteroatoms. The van der Waals surface area contributed by atoms with E-state index in [0.29, 0.717) is 6.67 Å². The molecule has 0 fully saturated rings. The van der Waals surface area contributed by atoms with Crippen LogP contribution in [0.4, 0.5) is 22.7 Å². The van der Waals surface area contributed by atoms with Crippen molar-refractivity contribution in [2.75, 3.05) is 16.5 Å². The van der Waals surface area contributed by atoms with Gasteiger partial charge in [0.2, 0.25) is 0 Å². The Morgan fingerprint density at radius 2 is 0.925 bits per heavy atom. The summed E-state index contributed by atoms with van der Waals surface area (Å²) in [5.41, 5.74) is 14.0. The lowest BCUT2D eigenvalue weighted by Crippen LogP contribution is -2.25. The van der Waals surface area contributed by atoms with E-state index in [0.717, 1.165) is 39.4 Å². The summed E-state index contributed by atoms with van der Waals surface area (Å²) in [5, 5.41) is 2.35. The van der Waals surface area contributed by atoms with Gasteiger partial charge in [-0.25, -0.2) is 4.98 Å². The van der Waals surface area contributed by atoms with Gasteiger partial charge >= 0.3 is 0 Å². The molecule has 2 aromatic heterocycles. The molecule has 0 unspecified atom stereocenters. The average Bonchev–Trinajstić information content (AvgIpc) is 3.87. The van der Waals surface area contributed by atoms with E-state index >= 15 is 0 Å². The number of pyridine rings is 1. The van der Waals surface area contributed by atoms with Gasteiger partial charge in [0.1, 0.15) is 24.0 Å². The van der Waals surface area contributed by atoms with E-state index < -0.39 is 0 Å². The Balaban J connectivity index is 1.03. The van der Waals surface area contributed by atoms with Crippen LogP contribution in [-0.2, 0) is 21.7 Å². The standard InChI is InChI=1S/C62H62N4O/c1-59(2,3)44-27-30-52-53-31-29-51(40-56(53)66(55(52)36-44)58-38-47(33-34-63-58)62(9,10)43-21-15-12-16-22-43)67-50-26-18-25-49(39-50)65-41-64(54-32-28-45(37-57(54)65)60(4,5)6)48-24-17-23-46(35-48)61(7,8)42-19-13-11-14-20-42/h11-40H,41H2,1-10H3. The van der Waals surface area contributed by atoms with Crippen LogP contribution in [0.3, 0.4) is 0 Å². The van der Waals surface area contributed by atoms with Crippen molar-refractivity contribution < 1.29 is 4.74 Å².